The van der Waals surface area contributed by atoms with Crippen molar-refractivity contribution in [3.63, 3.8) is 0 Å². The molecule has 0 aliphatic carbocycles. The first kappa shape index (κ1) is 15.0. The van der Waals surface area contributed by atoms with E-state index >= 15 is 0 Å². The lowest BCUT2D eigenvalue weighted by Crippen LogP contribution is -2.45. The van der Waals surface area contributed by atoms with E-state index in [-0.39, 0.29) is 12.2 Å². The number of morpholine rings is 1. The average Bonchev–Trinajstić information content (AvgIpc) is 2.97. The van der Waals surface area contributed by atoms with E-state index in [1.54, 1.807) is 0 Å². The largest absolute Gasteiger partial charge is 0.399 e. The second-order valence-electron chi connectivity index (χ2n) is 6.44. The molecular formula is C18H21N5O. The van der Waals surface area contributed by atoms with E-state index in [1.807, 2.05) is 30.5 Å². The Labute approximate surface area is 140 Å². The highest BCUT2D eigenvalue weighted by Crippen LogP contribution is 2.30. The van der Waals surface area contributed by atoms with Gasteiger partial charge in [-0.15, -0.1) is 0 Å². The van der Waals surface area contributed by atoms with Crippen molar-refractivity contribution in [2.75, 3.05) is 23.7 Å². The molecule has 2 aromatic heterocycles. The van der Waals surface area contributed by atoms with Crippen molar-refractivity contribution >= 4 is 22.4 Å². The fourth-order valence-corrected chi connectivity index (χ4v) is 3.36. The van der Waals surface area contributed by atoms with E-state index in [4.69, 9.17) is 10.5 Å². The van der Waals surface area contributed by atoms with Crippen LogP contribution < -0.4 is 10.6 Å². The molecule has 3 N–H and O–H groups in total. The van der Waals surface area contributed by atoms with Crippen molar-refractivity contribution in [2.24, 2.45) is 0 Å². The smallest absolute Gasteiger partial charge is 0.129 e. The van der Waals surface area contributed by atoms with Crippen LogP contribution in [0, 0.1) is 0 Å². The Balaban J connectivity index is 1.73. The number of nitrogens with zero attached hydrogens (tertiary/aromatic N) is 3. The van der Waals surface area contributed by atoms with Crippen molar-refractivity contribution < 1.29 is 4.74 Å². The molecule has 0 radical (unpaired) electrons. The second kappa shape index (κ2) is 5.79. The molecule has 6 nitrogen and oxygen atoms in total. The molecular weight excluding hydrogens is 302 g/mol. The van der Waals surface area contributed by atoms with Gasteiger partial charge in [0.05, 0.1) is 17.7 Å². The van der Waals surface area contributed by atoms with Crippen molar-refractivity contribution in [3.8, 4) is 11.3 Å². The summed E-state index contributed by atoms with van der Waals surface area (Å²) in [6.45, 7) is 5.87. The van der Waals surface area contributed by atoms with Gasteiger partial charge in [0, 0.05) is 35.9 Å². The zero-order chi connectivity index (χ0) is 16.7. The summed E-state index contributed by atoms with van der Waals surface area (Å²) in [5.74, 6) is 0.953. The molecule has 0 spiro atoms. The number of anilines is 2. The van der Waals surface area contributed by atoms with E-state index in [2.05, 4.69) is 40.0 Å². The van der Waals surface area contributed by atoms with Gasteiger partial charge in [0.25, 0.3) is 0 Å². The first-order valence-corrected chi connectivity index (χ1v) is 8.20. The molecule has 0 saturated carbocycles. The van der Waals surface area contributed by atoms with Gasteiger partial charge in [-0.3, -0.25) is 5.10 Å². The summed E-state index contributed by atoms with van der Waals surface area (Å²) in [5.41, 5.74) is 9.57. The van der Waals surface area contributed by atoms with Gasteiger partial charge in [-0.2, -0.15) is 5.10 Å². The fourth-order valence-electron chi connectivity index (χ4n) is 3.36. The van der Waals surface area contributed by atoms with Crippen LogP contribution in [0.2, 0.25) is 0 Å². The van der Waals surface area contributed by atoms with Crippen molar-refractivity contribution in [1.82, 2.24) is 15.2 Å². The van der Waals surface area contributed by atoms with Crippen LogP contribution in [0.5, 0.6) is 0 Å². The number of nitrogen functional groups attached to an aromatic ring is 1. The van der Waals surface area contributed by atoms with Crippen LogP contribution in [0.15, 0.2) is 36.5 Å². The van der Waals surface area contributed by atoms with E-state index in [0.29, 0.717) is 0 Å². The van der Waals surface area contributed by atoms with Gasteiger partial charge >= 0.3 is 0 Å². The molecule has 1 saturated heterocycles. The summed E-state index contributed by atoms with van der Waals surface area (Å²) in [6.07, 6.45) is 2.23. The number of hydrogen-bond donors (Lipinski definition) is 2. The van der Waals surface area contributed by atoms with E-state index in [1.165, 1.54) is 0 Å². The molecule has 3 heterocycles. The van der Waals surface area contributed by atoms with Crippen LogP contribution in [0.4, 0.5) is 11.5 Å². The molecule has 1 aliphatic heterocycles. The molecule has 124 valence electrons. The summed E-state index contributed by atoms with van der Waals surface area (Å²) in [5, 5.41) is 8.56. The Hall–Kier alpha value is -2.60. The number of nitrogens with two attached hydrogens (primary N) is 1. The second-order valence-corrected chi connectivity index (χ2v) is 6.44. The molecule has 0 bridgehead atoms. The highest BCUT2D eigenvalue weighted by molar-refractivity contribution is 5.94. The van der Waals surface area contributed by atoms with Gasteiger partial charge in [-0.1, -0.05) is 0 Å². The van der Waals surface area contributed by atoms with Crippen LogP contribution in [0.1, 0.15) is 13.8 Å². The normalized spacial score (nSPS) is 21.3. The molecule has 24 heavy (non-hydrogen) atoms. The predicted molar refractivity (Wildman–Crippen MR) is 96.0 cm³/mol. The SMILES string of the molecule is C[C@@H]1CN(c2cc(-c3n[nH]c4ccc(N)cc34)ccn2)C[C@H](C)O1. The van der Waals surface area contributed by atoms with Crippen LogP contribution >= 0.6 is 0 Å². The maximum absolute atomic E-state index is 5.93. The average molecular weight is 323 g/mol. The lowest BCUT2D eigenvalue weighted by Gasteiger charge is -2.36. The van der Waals surface area contributed by atoms with Gasteiger partial charge < -0.3 is 15.4 Å². The third-order valence-corrected chi connectivity index (χ3v) is 4.35. The number of pyridine rings is 1. The minimum absolute atomic E-state index is 0.199. The summed E-state index contributed by atoms with van der Waals surface area (Å²) in [6, 6.07) is 9.85. The molecule has 1 fully saturated rings. The highest BCUT2D eigenvalue weighted by Gasteiger charge is 2.23. The Morgan fingerprint density at radius 2 is 1.96 bits per heavy atom. The zero-order valence-electron chi connectivity index (χ0n) is 13.9. The van der Waals surface area contributed by atoms with E-state index in [9.17, 15) is 0 Å². The Bertz CT molecular complexity index is 865. The number of aromatic amines is 1. The molecule has 2 atom stereocenters. The first-order chi connectivity index (χ1) is 11.6. The summed E-state index contributed by atoms with van der Waals surface area (Å²) < 4.78 is 5.81. The standard InChI is InChI=1S/C18H21N5O/c1-11-9-23(10-12(2)24-11)17-7-13(5-6-20-17)18-15-8-14(19)3-4-16(15)21-22-18/h3-8,11-12H,9-10,19H2,1-2H3,(H,21,22)/t11-,12+. The zero-order valence-corrected chi connectivity index (χ0v) is 13.9. The number of benzene rings is 1. The van der Waals surface area contributed by atoms with Gasteiger partial charge in [-0.05, 0) is 44.2 Å². The van der Waals surface area contributed by atoms with Crippen LogP contribution in [-0.4, -0.2) is 40.5 Å². The summed E-state index contributed by atoms with van der Waals surface area (Å²) in [4.78, 5) is 6.82. The predicted octanol–water partition coefficient (Wildman–Crippen LogP) is 2.82. The monoisotopic (exact) mass is 323 g/mol. The third-order valence-electron chi connectivity index (χ3n) is 4.35. The number of H-pyrrole nitrogens is 1. The summed E-state index contributed by atoms with van der Waals surface area (Å²) >= 11 is 0. The third kappa shape index (κ3) is 2.69. The molecule has 1 aromatic carbocycles. The van der Waals surface area contributed by atoms with Crippen molar-refractivity contribution in [2.45, 2.75) is 26.1 Å². The van der Waals surface area contributed by atoms with Crippen molar-refractivity contribution in [1.29, 1.82) is 0 Å². The number of nitrogens with one attached hydrogen (secondary N) is 1. The van der Waals surface area contributed by atoms with Gasteiger partial charge in [0.15, 0.2) is 0 Å². The molecule has 6 heteroatoms. The van der Waals surface area contributed by atoms with E-state index in [0.717, 1.165) is 46.8 Å². The first-order valence-electron chi connectivity index (χ1n) is 8.20. The topological polar surface area (TPSA) is 80.1 Å². The molecule has 0 amide bonds. The number of rotatable bonds is 2. The van der Waals surface area contributed by atoms with Crippen LogP contribution in [0.25, 0.3) is 22.2 Å². The van der Waals surface area contributed by atoms with Crippen molar-refractivity contribution in [3.05, 3.63) is 36.5 Å². The Morgan fingerprint density at radius 1 is 1.17 bits per heavy atom. The lowest BCUT2D eigenvalue weighted by atomic mass is 10.1. The summed E-state index contributed by atoms with van der Waals surface area (Å²) in [7, 11) is 0. The quantitative estimate of drug-likeness (QED) is 0.709. The molecule has 4 rings (SSSR count). The number of aromatic nitrogens is 3. The maximum atomic E-state index is 5.93. The minimum atomic E-state index is 0.199. The van der Waals surface area contributed by atoms with Gasteiger partial charge in [0.2, 0.25) is 0 Å². The Morgan fingerprint density at radius 3 is 2.75 bits per heavy atom. The highest BCUT2D eigenvalue weighted by atomic mass is 16.5. The minimum Gasteiger partial charge on any atom is -0.399 e. The maximum Gasteiger partial charge on any atom is 0.129 e. The molecule has 1 aliphatic rings. The van der Waals surface area contributed by atoms with Crippen LogP contribution in [0.3, 0.4) is 0 Å². The van der Waals surface area contributed by atoms with E-state index < -0.39 is 0 Å². The number of fused-ring (bicyclic) bond motifs is 1. The number of hydrogen-bond acceptors (Lipinski definition) is 5. The fraction of sp³-hybridized carbons (Fsp3) is 0.333. The van der Waals surface area contributed by atoms with Gasteiger partial charge in [0.1, 0.15) is 11.5 Å². The molecule has 0 unspecified atom stereocenters. The van der Waals surface area contributed by atoms with Gasteiger partial charge in [-0.25, -0.2) is 4.98 Å². The Kier molecular flexibility index (Phi) is 3.61. The number of ether oxygens (including phenoxy) is 1. The molecule has 3 aromatic rings. The van der Waals surface area contributed by atoms with Crippen LogP contribution in [-0.2, 0) is 4.74 Å². The lowest BCUT2D eigenvalue weighted by molar-refractivity contribution is -0.00545.